The Bertz CT molecular complexity index is 619. The Kier molecular flexibility index (Phi) is 4.10. The van der Waals surface area contributed by atoms with Gasteiger partial charge in [-0.2, -0.15) is 0 Å². The molecule has 0 aliphatic carbocycles. The van der Waals surface area contributed by atoms with Gasteiger partial charge in [0.1, 0.15) is 11.5 Å². The number of hydrogen-bond acceptors (Lipinski definition) is 4. The van der Waals surface area contributed by atoms with Crippen molar-refractivity contribution in [3.05, 3.63) is 47.4 Å². The van der Waals surface area contributed by atoms with Gasteiger partial charge in [0.25, 0.3) is 5.91 Å². The van der Waals surface area contributed by atoms with Crippen LogP contribution in [0.2, 0.25) is 0 Å². The third kappa shape index (κ3) is 2.67. The largest absolute Gasteiger partial charge is 0.508 e. The van der Waals surface area contributed by atoms with Crippen molar-refractivity contribution in [3.8, 4) is 5.75 Å². The summed E-state index contributed by atoms with van der Waals surface area (Å²) < 4.78 is 5.39. The fraction of sp³-hybridized carbons (Fsp3) is 0.267. The molecule has 1 aromatic heterocycles. The topological polar surface area (TPSA) is 79.7 Å². The maximum Gasteiger partial charge on any atom is 0.293 e. The predicted molar refractivity (Wildman–Crippen MR) is 76.8 cm³/mol. The summed E-state index contributed by atoms with van der Waals surface area (Å²) in [6.07, 6.45) is 0. The van der Waals surface area contributed by atoms with Crippen LogP contribution in [0.4, 0.5) is 5.69 Å². The number of anilines is 1. The normalized spacial score (nSPS) is 10.6. The molecule has 5 nitrogen and oxygen atoms in total. The minimum atomic E-state index is -0.249. The van der Waals surface area contributed by atoms with Crippen molar-refractivity contribution < 1.29 is 14.3 Å². The Balaban J connectivity index is 2.36. The van der Waals surface area contributed by atoms with Crippen molar-refractivity contribution in [2.75, 3.05) is 11.4 Å². The lowest BCUT2D eigenvalue weighted by Crippen LogP contribution is -2.30. The summed E-state index contributed by atoms with van der Waals surface area (Å²) in [4.78, 5) is 14.0. The molecule has 3 N–H and O–H groups in total. The molecule has 2 rings (SSSR count). The van der Waals surface area contributed by atoms with Gasteiger partial charge in [0.05, 0.1) is 12.2 Å². The number of benzene rings is 1. The first kappa shape index (κ1) is 14.1. The summed E-state index contributed by atoms with van der Waals surface area (Å²) >= 11 is 0. The summed E-state index contributed by atoms with van der Waals surface area (Å²) in [7, 11) is 0. The fourth-order valence-corrected chi connectivity index (χ4v) is 2.05. The molecule has 1 amide bonds. The van der Waals surface area contributed by atoms with Crippen LogP contribution in [-0.2, 0) is 6.54 Å². The van der Waals surface area contributed by atoms with Crippen molar-refractivity contribution in [2.45, 2.75) is 20.4 Å². The van der Waals surface area contributed by atoms with E-state index in [0.29, 0.717) is 18.0 Å². The highest BCUT2D eigenvalue weighted by Gasteiger charge is 2.21. The molecular weight excluding hydrogens is 256 g/mol. The second-order valence-corrected chi connectivity index (χ2v) is 4.49. The van der Waals surface area contributed by atoms with Crippen LogP contribution in [0, 0.1) is 6.92 Å². The SMILES string of the molecule is CCN(C(=O)c1ccc(CN)o1)c1cc(O)ccc1C. The molecule has 20 heavy (non-hydrogen) atoms. The van der Waals surface area contributed by atoms with Crippen LogP contribution in [0.1, 0.15) is 28.8 Å². The smallest absolute Gasteiger partial charge is 0.293 e. The molecule has 0 atom stereocenters. The zero-order valence-electron chi connectivity index (χ0n) is 11.6. The van der Waals surface area contributed by atoms with Crippen LogP contribution in [0.25, 0.3) is 0 Å². The van der Waals surface area contributed by atoms with E-state index in [1.165, 1.54) is 0 Å². The molecule has 0 bridgehead atoms. The zero-order chi connectivity index (χ0) is 14.7. The maximum atomic E-state index is 12.5. The number of carbonyl (C=O) groups excluding carboxylic acids is 1. The first-order valence-corrected chi connectivity index (χ1v) is 6.47. The standard InChI is InChI=1S/C15H18N2O3/c1-3-17(13-8-11(18)5-4-10(13)2)15(19)14-7-6-12(9-16)20-14/h4-8,18H,3,9,16H2,1-2H3. The minimum absolute atomic E-state index is 0.124. The monoisotopic (exact) mass is 274 g/mol. The maximum absolute atomic E-state index is 12.5. The number of aryl methyl sites for hydroxylation is 1. The Morgan fingerprint density at radius 2 is 2.10 bits per heavy atom. The van der Waals surface area contributed by atoms with E-state index in [0.717, 1.165) is 5.56 Å². The van der Waals surface area contributed by atoms with Gasteiger partial charge in [-0.1, -0.05) is 6.07 Å². The molecule has 0 fully saturated rings. The van der Waals surface area contributed by atoms with E-state index >= 15 is 0 Å². The van der Waals surface area contributed by atoms with Gasteiger partial charge in [-0.05, 0) is 37.6 Å². The molecule has 0 spiro atoms. The van der Waals surface area contributed by atoms with Crippen LogP contribution < -0.4 is 10.6 Å². The average molecular weight is 274 g/mol. The highest BCUT2D eigenvalue weighted by Crippen LogP contribution is 2.26. The van der Waals surface area contributed by atoms with Crippen LogP contribution in [0.15, 0.2) is 34.7 Å². The summed E-state index contributed by atoms with van der Waals surface area (Å²) in [5.41, 5.74) is 7.05. The highest BCUT2D eigenvalue weighted by atomic mass is 16.4. The second-order valence-electron chi connectivity index (χ2n) is 4.49. The zero-order valence-corrected chi connectivity index (χ0v) is 11.6. The first-order valence-electron chi connectivity index (χ1n) is 6.47. The van der Waals surface area contributed by atoms with Crippen molar-refractivity contribution in [3.63, 3.8) is 0 Å². The van der Waals surface area contributed by atoms with Crippen molar-refractivity contribution in [1.29, 1.82) is 0 Å². The quantitative estimate of drug-likeness (QED) is 0.897. The highest BCUT2D eigenvalue weighted by molar-refractivity contribution is 6.04. The lowest BCUT2D eigenvalue weighted by molar-refractivity contribution is 0.0960. The average Bonchev–Trinajstić information content (AvgIpc) is 2.92. The summed E-state index contributed by atoms with van der Waals surface area (Å²) in [5.74, 6) is 0.687. The number of furan rings is 1. The second kappa shape index (κ2) is 5.79. The molecule has 0 saturated heterocycles. The van der Waals surface area contributed by atoms with Crippen LogP contribution in [0.3, 0.4) is 0 Å². The van der Waals surface area contributed by atoms with E-state index in [-0.39, 0.29) is 24.0 Å². The molecule has 0 aliphatic heterocycles. The molecule has 1 heterocycles. The molecule has 106 valence electrons. The number of nitrogens with zero attached hydrogens (tertiary/aromatic N) is 1. The number of hydrogen-bond donors (Lipinski definition) is 2. The van der Waals surface area contributed by atoms with Gasteiger partial charge in [-0.15, -0.1) is 0 Å². The van der Waals surface area contributed by atoms with Crippen molar-refractivity contribution in [1.82, 2.24) is 0 Å². The van der Waals surface area contributed by atoms with Gasteiger partial charge in [0.15, 0.2) is 5.76 Å². The van der Waals surface area contributed by atoms with Gasteiger partial charge < -0.3 is 20.2 Å². The third-order valence-corrected chi connectivity index (χ3v) is 3.12. The number of phenolic OH excluding ortho intramolecular Hbond substituents is 1. The molecule has 5 heteroatoms. The number of carbonyl (C=O) groups is 1. The summed E-state index contributed by atoms with van der Waals surface area (Å²) in [6.45, 7) is 4.48. The van der Waals surface area contributed by atoms with Gasteiger partial charge in [0.2, 0.25) is 0 Å². The number of aromatic hydroxyl groups is 1. The Morgan fingerprint density at radius 1 is 1.35 bits per heavy atom. The molecule has 0 aliphatic rings. The first-order chi connectivity index (χ1) is 9.56. The molecule has 2 aromatic rings. The lowest BCUT2D eigenvalue weighted by atomic mass is 10.1. The van der Waals surface area contributed by atoms with Crippen molar-refractivity contribution >= 4 is 11.6 Å². The minimum Gasteiger partial charge on any atom is -0.508 e. The molecule has 0 saturated carbocycles. The summed E-state index contributed by atoms with van der Waals surface area (Å²) in [6, 6.07) is 8.25. The third-order valence-electron chi connectivity index (χ3n) is 3.12. The summed E-state index contributed by atoms with van der Waals surface area (Å²) in [5, 5.41) is 9.60. The fourth-order valence-electron chi connectivity index (χ4n) is 2.05. The van der Waals surface area contributed by atoms with Gasteiger partial charge in [0, 0.05) is 12.6 Å². The number of phenols is 1. The van der Waals surface area contributed by atoms with E-state index in [4.69, 9.17) is 10.2 Å². The van der Waals surface area contributed by atoms with Crippen LogP contribution in [-0.4, -0.2) is 17.6 Å². The number of rotatable bonds is 4. The number of nitrogens with two attached hydrogens (primary N) is 1. The van der Waals surface area contributed by atoms with E-state index < -0.39 is 0 Å². The molecule has 0 unspecified atom stereocenters. The molecule has 1 aromatic carbocycles. The van der Waals surface area contributed by atoms with Gasteiger partial charge in [-0.3, -0.25) is 4.79 Å². The van der Waals surface area contributed by atoms with Crippen LogP contribution >= 0.6 is 0 Å². The lowest BCUT2D eigenvalue weighted by Gasteiger charge is -2.22. The Labute approximate surface area is 117 Å². The predicted octanol–water partition coefficient (Wildman–Crippen LogP) is 2.42. The van der Waals surface area contributed by atoms with E-state index in [2.05, 4.69) is 0 Å². The van der Waals surface area contributed by atoms with Crippen LogP contribution in [0.5, 0.6) is 5.75 Å². The molecular formula is C15H18N2O3. The number of amides is 1. The molecule has 0 radical (unpaired) electrons. The van der Waals surface area contributed by atoms with E-state index in [1.54, 1.807) is 35.2 Å². The van der Waals surface area contributed by atoms with Gasteiger partial charge >= 0.3 is 0 Å². The Morgan fingerprint density at radius 3 is 2.70 bits per heavy atom. The van der Waals surface area contributed by atoms with Crippen molar-refractivity contribution in [2.24, 2.45) is 5.73 Å². The van der Waals surface area contributed by atoms with E-state index in [1.807, 2.05) is 13.8 Å². The Hall–Kier alpha value is -2.27. The van der Waals surface area contributed by atoms with Gasteiger partial charge in [-0.25, -0.2) is 0 Å². The van der Waals surface area contributed by atoms with E-state index in [9.17, 15) is 9.90 Å².